The Bertz CT molecular complexity index is 1310. The Morgan fingerprint density at radius 1 is 1.10 bits per heavy atom. The quantitative estimate of drug-likeness (QED) is 0.535. The summed E-state index contributed by atoms with van der Waals surface area (Å²) in [6.07, 6.45) is 1.16. The van der Waals surface area contributed by atoms with Gasteiger partial charge in [-0.25, -0.2) is 9.78 Å². The molecular weight excluding hydrogens is 378 g/mol. The number of fused-ring (bicyclic) bond motifs is 3. The highest BCUT2D eigenvalue weighted by Gasteiger charge is 2.35. The van der Waals surface area contributed by atoms with Crippen LogP contribution in [0.5, 0.6) is 0 Å². The average Bonchev–Trinajstić information content (AvgIpc) is 3.38. The van der Waals surface area contributed by atoms with Crippen molar-refractivity contribution in [2.24, 2.45) is 0 Å². The van der Waals surface area contributed by atoms with Gasteiger partial charge in [-0.1, -0.05) is 42.5 Å². The zero-order valence-corrected chi connectivity index (χ0v) is 16.6. The number of rotatable bonds is 3. The van der Waals surface area contributed by atoms with Crippen LogP contribution in [-0.2, 0) is 4.79 Å². The third-order valence-electron chi connectivity index (χ3n) is 5.91. The number of nitrogens with one attached hydrogen (secondary N) is 1. The van der Waals surface area contributed by atoms with Crippen molar-refractivity contribution in [3.63, 3.8) is 0 Å². The van der Waals surface area contributed by atoms with E-state index in [4.69, 9.17) is 4.98 Å². The Kier molecular flexibility index (Phi) is 4.28. The number of hydrogen-bond acceptors (Lipinski definition) is 3. The molecule has 0 saturated carbocycles. The lowest BCUT2D eigenvalue weighted by molar-refractivity contribution is -0.141. The monoisotopic (exact) mass is 399 g/mol. The standard InChI is InChI=1S/C24H21N3O3/c1-14-7-2-3-8-15(14)21-22-17(16-9-4-5-10-18(16)25-22)13-19(26-21)23(28)27-12-6-11-20(27)24(29)30/h2-5,7-10,13,20,25H,6,11-12H2,1H3,(H,29,30). The van der Waals surface area contributed by atoms with E-state index in [-0.39, 0.29) is 11.6 Å². The minimum absolute atomic E-state index is 0.277. The second-order valence-corrected chi connectivity index (χ2v) is 7.76. The number of carbonyl (C=O) groups is 2. The number of carboxylic acids is 1. The molecule has 1 fully saturated rings. The third kappa shape index (κ3) is 2.84. The van der Waals surface area contributed by atoms with E-state index < -0.39 is 12.0 Å². The number of aryl methyl sites for hydroxylation is 1. The van der Waals surface area contributed by atoms with E-state index in [1.807, 2.05) is 55.5 Å². The number of pyridine rings is 1. The maximum Gasteiger partial charge on any atom is 0.326 e. The molecule has 1 saturated heterocycles. The van der Waals surface area contributed by atoms with E-state index in [1.54, 1.807) is 6.07 Å². The maximum absolute atomic E-state index is 13.3. The third-order valence-corrected chi connectivity index (χ3v) is 5.91. The lowest BCUT2D eigenvalue weighted by Gasteiger charge is -2.21. The van der Waals surface area contributed by atoms with E-state index in [2.05, 4.69) is 4.98 Å². The Morgan fingerprint density at radius 2 is 1.87 bits per heavy atom. The Balaban J connectivity index is 1.75. The highest BCUT2D eigenvalue weighted by Crippen LogP contribution is 2.34. The molecule has 0 aliphatic carbocycles. The van der Waals surface area contributed by atoms with Crippen molar-refractivity contribution in [1.29, 1.82) is 0 Å². The summed E-state index contributed by atoms with van der Waals surface area (Å²) in [4.78, 5) is 34.6. The predicted molar refractivity (Wildman–Crippen MR) is 115 cm³/mol. The van der Waals surface area contributed by atoms with Gasteiger partial charge in [0.15, 0.2) is 0 Å². The summed E-state index contributed by atoms with van der Waals surface area (Å²) in [5.41, 5.74) is 4.82. The number of likely N-dealkylation sites (tertiary alicyclic amines) is 1. The molecule has 0 spiro atoms. The molecule has 0 bridgehead atoms. The molecule has 2 aromatic heterocycles. The topological polar surface area (TPSA) is 86.3 Å². The number of carbonyl (C=O) groups excluding carboxylic acids is 1. The van der Waals surface area contributed by atoms with Gasteiger partial charge in [-0.05, 0) is 37.5 Å². The number of aliphatic carboxylic acids is 1. The van der Waals surface area contributed by atoms with Gasteiger partial charge in [0, 0.05) is 28.4 Å². The van der Waals surface area contributed by atoms with Gasteiger partial charge in [0.05, 0.1) is 11.2 Å². The van der Waals surface area contributed by atoms with E-state index in [0.29, 0.717) is 25.1 Å². The second kappa shape index (κ2) is 6.99. The first kappa shape index (κ1) is 18.4. The van der Waals surface area contributed by atoms with E-state index in [1.165, 1.54) is 4.90 Å². The van der Waals surface area contributed by atoms with E-state index in [9.17, 15) is 14.7 Å². The van der Waals surface area contributed by atoms with Gasteiger partial charge in [-0.3, -0.25) is 4.79 Å². The van der Waals surface area contributed by atoms with Gasteiger partial charge in [0.2, 0.25) is 0 Å². The summed E-state index contributed by atoms with van der Waals surface area (Å²) >= 11 is 0. The first-order valence-corrected chi connectivity index (χ1v) is 10.1. The normalized spacial score (nSPS) is 16.4. The van der Waals surface area contributed by atoms with Crippen LogP contribution < -0.4 is 0 Å². The number of hydrogen-bond donors (Lipinski definition) is 2. The fourth-order valence-electron chi connectivity index (χ4n) is 4.40. The summed E-state index contributed by atoms with van der Waals surface area (Å²) in [6.45, 7) is 2.45. The van der Waals surface area contributed by atoms with Crippen molar-refractivity contribution >= 4 is 33.7 Å². The molecule has 2 N–H and O–H groups in total. The number of benzene rings is 2. The molecule has 1 aliphatic rings. The van der Waals surface area contributed by atoms with E-state index >= 15 is 0 Å². The highest BCUT2D eigenvalue weighted by molar-refractivity contribution is 6.13. The maximum atomic E-state index is 13.3. The van der Waals surface area contributed by atoms with Gasteiger partial charge in [0.25, 0.3) is 5.91 Å². The molecule has 1 unspecified atom stereocenters. The van der Waals surface area contributed by atoms with Crippen molar-refractivity contribution in [2.45, 2.75) is 25.8 Å². The molecule has 3 heterocycles. The zero-order chi connectivity index (χ0) is 20.8. The van der Waals surface area contributed by atoms with Gasteiger partial charge in [-0.2, -0.15) is 0 Å². The van der Waals surface area contributed by atoms with Crippen molar-refractivity contribution < 1.29 is 14.7 Å². The van der Waals surface area contributed by atoms with Crippen molar-refractivity contribution in [1.82, 2.24) is 14.9 Å². The number of aromatic nitrogens is 2. The molecule has 6 nitrogen and oxygen atoms in total. The Hall–Kier alpha value is -3.67. The molecule has 5 rings (SSSR count). The predicted octanol–water partition coefficient (Wildman–Crippen LogP) is 4.38. The van der Waals surface area contributed by atoms with Crippen LogP contribution in [0, 0.1) is 6.92 Å². The molecule has 1 aliphatic heterocycles. The summed E-state index contributed by atoms with van der Waals surface area (Å²) in [7, 11) is 0. The molecular formula is C24H21N3O3. The van der Waals surface area contributed by atoms with Crippen molar-refractivity contribution in [3.8, 4) is 11.3 Å². The number of aromatic amines is 1. The SMILES string of the molecule is Cc1ccccc1-c1nc(C(=O)N2CCCC2C(=O)O)cc2c1[nH]c1ccccc12. The molecule has 4 aromatic rings. The average molecular weight is 399 g/mol. The number of carboxylic acid groups (broad SMARTS) is 1. The molecule has 1 amide bonds. The van der Waals surface area contributed by atoms with Crippen LogP contribution in [0.2, 0.25) is 0 Å². The largest absolute Gasteiger partial charge is 0.480 e. The number of amides is 1. The van der Waals surface area contributed by atoms with Gasteiger partial charge >= 0.3 is 5.97 Å². The summed E-state index contributed by atoms with van der Waals surface area (Å²) in [5, 5.41) is 11.4. The van der Waals surface area contributed by atoms with Gasteiger partial charge in [-0.15, -0.1) is 0 Å². The first-order valence-electron chi connectivity index (χ1n) is 10.1. The number of H-pyrrole nitrogens is 1. The summed E-state index contributed by atoms with van der Waals surface area (Å²) in [6, 6.07) is 16.9. The summed E-state index contributed by atoms with van der Waals surface area (Å²) in [5.74, 6) is -1.30. The fraction of sp³-hybridized carbons (Fsp3) is 0.208. The smallest absolute Gasteiger partial charge is 0.326 e. The van der Waals surface area contributed by atoms with Crippen LogP contribution in [0.15, 0.2) is 54.6 Å². The highest BCUT2D eigenvalue weighted by atomic mass is 16.4. The lowest BCUT2D eigenvalue weighted by Crippen LogP contribution is -2.40. The molecule has 150 valence electrons. The van der Waals surface area contributed by atoms with Crippen LogP contribution in [0.3, 0.4) is 0 Å². The fourth-order valence-corrected chi connectivity index (χ4v) is 4.40. The second-order valence-electron chi connectivity index (χ2n) is 7.76. The molecule has 6 heteroatoms. The number of nitrogens with zero attached hydrogens (tertiary/aromatic N) is 2. The molecule has 30 heavy (non-hydrogen) atoms. The van der Waals surface area contributed by atoms with Crippen molar-refractivity contribution in [3.05, 3.63) is 65.9 Å². The van der Waals surface area contributed by atoms with Gasteiger partial charge in [0.1, 0.15) is 11.7 Å². The van der Waals surface area contributed by atoms with Crippen LogP contribution in [-0.4, -0.2) is 44.4 Å². The van der Waals surface area contributed by atoms with Gasteiger partial charge < -0.3 is 15.0 Å². The Labute approximate surface area is 173 Å². The minimum Gasteiger partial charge on any atom is -0.480 e. The zero-order valence-electron chi connectivity index (χ0n) is 16.6. The Morgan fingerprint density at radius 3 is 2.67 bits per heavy atom. The number of para-hydroxylation sites is 1. The molecule has 2 aromatic carbocycles. The van der Waals surface area contributed by atoms with Crippen LogP contribution >= 0.6 is 0 Å². The van der Waals surface area contributed by atoms with Crippen LogP contribution in [0.1, 0.15) is 28.9 Å². The summed E-state index contributed by atoms with van der Waals surface area (Å²) < 4.78 is 0. The van der Waals surface area contributed by atoms with Crippen molar-refractivity contribution in [2.75, 3.05) is 6.54 Å². The van der Waals surface area contributed by atoms with E-state index in [0.717, 1.165) is 32.9 Å². The molecule has 1 atom stereocenters. The van der Waals surface area contributed by atoms with Crippen LogP contribution in [0.4, 0.5) is 0 Å². The van der Waals surface area contributed by atoms with Crippen LogP contribution in [0.25, 0.3) is 33.1 Å². The molecule has 0 radical (unpaired) electrons. The minimum atomic E-state index is -0.965. The lowest BCUT2D eigenvalue weighted by atomic mass is 10.0. The first-order chi connectivity index (χ1) is 14.5.